The Labute approximate surface area is 86.4 Å². The van der Waals surface area contributed by atoms with Gasteiger partial charge in [-0.2, -0.15) is 0 Å². The van der Waals surface area contributed by atoms with Crippen LogP contribution in [0.5, 0.6) is 0 Å². The van der Waals surface area contributed by atoms with Gasteiger partial charge in [-0.05, 0) is 19.0 Å². The molecule has 0 aromatic heterocycles. The van der Waals surface area contributed by atoms with Gasteiger partial charge in [-0.1, -0.05) is 13.1 Å². The van der Waals surface area contributed by atoms with Crippen molar-refractivity contribution < 1.29 is 14.6 Å². The molecule has 4 nitrogen and oxygen atoms in total. The van der Waals surface area contributed by atoms with E-state index >= 15 is 0 Å². The van der Waals surface area contributed by atoms with Crippen LogP contribution in [0.2, 0.25) is 26.0 Å². The van der Waals surface area contributed by atoms with Crippen LogP contribution >= 0.6 is 0 Å². The van der Waals surface area contributed by atoms with Gasteiger partial charge in [0.2, 0.25) is 0 Å². The zero-order valence-electron chi connectivity index (χ0n) is 9.28. The Kier molecular flexibility index (Phi) is 3.39. The molecule has 0 radical (unpaired) electrons. The van der Waals surface area contributed by atoms with Gasteiger partial charge in [0, 0.05) is 0 Å². The summed E-state index contributed by atoms with van der Waals surface area (Å²) in [7, 11) is -0.506. The average molecular weight is 215 g/mol. The van der Waals surface area contributed by atoms with Crippen LogP contribution in [-0.2, 0) is 9.53 Å². The minimum atomic E-state index is -1.34. The van der Waals surface area contributed by atoms with Gasteiger partial charge in [-0.15, -0.1) is 0 Å². The van der Waals surface area contributed by atoms with Gasteiger partial charge in [-0.3, -0.25) is 4.79 Å². The topological polar surface area (TPSA) is 49.8 Å². The summed E-state index contributed by atoms with van der Waals surface area (Å²) < 4.78 is 4.74. The molecule has 6 heteroatoms. The second-order valence-corrected chi connectivity index (χ2v) is 9.76. The summed E-state index contributed by atoms with van der Waals surface area (Å²) in [6, 6.07) is 0.645. The molecule has 1 N–H and O–H groups in total. The first-order valence-electron chi connectivity index (χ1n) is 4.89. The van der Waals surface area contributed by atoms with Crippen LogP contribution in [0, 0.1) is 0 Å². The van der Waals surface area contributed by atoms with Crippen molar-refractivity contribution in [1.29, 1.82) is 0 Å². The van der Waals surface area contributed by atoms with E-state index in [1.165, 1.54) is 7.11 Å². The standard InChI is InChI=1S/C8H18BNO3Si/c1-9(12)10-6-14(3,4)5-7(10)8(11)13-2/h7,12H,5-6H2,1-4H3/t7-/m0/s1. The normalized spacial score (nSPS) is 26.2. The van der Waals surface area contributed by atoms with Crippen molar-refractivity contribution in [2.75, 3.05) is 13.3 Å². The Morgan fingerprint density at radius 3 is 2.64 bits per heavy atom. The molecule has 0 aromatic rings. The Bertz CT molecular complexity index is 235. The molecule has 0 saturated carbocycles. The third-order valence-corrected chi connectivity index (χ3v) is 5.42. The van der Waals surface area contributed by atoms with Crippen LogP contribution < -0.4 is 0 Å². The predicted octanol–water partition coefficient (Wildman–Crippen LogP) is 0.202. The van der Waals surface area contributed by atoms with Crippen LogP contribution in [0.4, 0.5) is 0 Å². The number of carbonyl (C=O) groups is 1. The summed E-state index contributed by atoms with van der Waals surface area (Å²) in [5, 5.41) is 9.54. The van der Waals surface area contributed by atoms with E-state index in [4.69, 9.17) is 4.74 Å². The van der Waals surface area contributed by atoms with Crippen molar-refractivity contribution in [2.45, 2.75) is 32.0 Å². The molecule has 0 amide bonds. The van der Waals surface area contributed by atoms with Crippen molar-refractivity contribution in [3.63, 3.8) is 0 Å². The maximum Gasteiger partial charge on any atom is 0.376 e. The molecule has 0 aliphatic carbocycles. The number of hydrogen-bond donors (Lipinski definition) is 1. The third-order valence-electron chi connectivity index (χ3n) is 2.71. The monoisotopic (exact) mass is 215 g/mol. The van der Waals surface area contributed by atoms with Crippen molar-refractivity contribution in [2.24, 2.45) is 0 Å². The summed E-state index contributed by atoms with van der Waals surface area (Å²) in [5.41, 5.74) is 0. The number of hydrogen-bond acceptors (Lipinski definition) is 4. The molecule has 14 heavy (non-hydrogen) atoms. The molecule has 1 atom stereocenters. The second kappa shape index (κ2) is 4.04. The van der Waals surface area contributed by atoms with E-state index in [9.17, 15) is 9.82 Å². The van der Waals surface area contributed by atoms with Crippen molar-refractivity contribution >= 4 is 21.1 Å². The summed E-state index contributed by atoms with van der Waals surface area (Å²) in [6.07, 6.45) is 0.866. The number of methoxy groups -OCH3 is 1. The first-order chi connectivity index (χ1) is 6.37. The Morgan fingerprint density at radius 1 is 1.64 bits per heavy atom. The first-order valence-corrected chi connectivity index (χ1v) is 8.30. The number of esters is 1. The molecule has 0 spiro atoms. The van der Waals surface area contributed by atoms with Gasteiger partial charge in [0.15, 0.2) is 0 Å². The van der Waals surface area contributed by atoms with E-state index in [0.29, 0.717) is 0 Å². The lowest BCUT2D eigenvalue weighted by atomic mass is 9.84. The van der Waals surface area contributed by atoms with Gasteiger partial charge in [0.25, 0.3) is 0 Å². The van der Waals surface area contributed by atoms with Gasteiger partial charge in [-0.25, -0.2) is 0 Å². The number of ether oxygens (including phenoxy) is 1. The Morgan fingerprint density at radius 2 is 2.21 bits per heavy atom. The van der Waals surface area contributed by atoms with E-state index in [2.05, 4.69) is 13.1 Å². The molecule has 0 aromatic carbocycles. The molecule has 80 valence electrons. The van der Waals surface area contributed by atoms with Gasteiger partial charge in [0.1, 0.15) is 0 Å². The van der Waals surface area contributed by atoms with E-state index in [0.717, 1.165) is 12.2 Å². The zero-order chi connectivity index (χ0) is 10.9. The molecule has 1 fully saturated rings. The zero-order valence-corrected chi connectivity index (χ0v) is 10.3. The van der Waals surface area contributed by atoms with E-state index in [1.54, 1.807) is 6.82 Å². The molecule has 0 bridgehead atoms. The third kappa shape index (κ3) is 2.37. The smallest absolute Gasteiger partial charge is 0.376 e. The largest absolute Gasteiger partial charge is 0.468 e. The van der Waals surface area contributed by atoms with Gasteiger partial charge < -0.3 is 14.6 Å². The molecule has 1 rings (SSSR count). The molecule has 1 saturated heterocycles. The minimum absolute atomic E-state index is 0.219. The van der Waals surface area contributed by atoms with Crippen LogP contribution in [-0.4, -0.2) is 50.2 Å². The highest BCUT2D eigenvalue weighted by Gasteiger charge is 2.45. The fourth-order valence-corrected chi connectivity index (χ4v) is 5.11. The maximum absolute atomic E-state index is 11.5. The van der Waals surface area contributed by atoms with E-state index < -0.39 is 15.1 Å². The number of nitrogens with zero attached hydrogens (tertiary/aromatic N) is 1. The first kappa shape index (κ1) is 11.7. The highest BCUT2D eigenvalue weighted by atomic mass is 28.3. The van der Waals surface area contributed by atoms with Crippen LogP contribution in [0.3, 0.4) is 0 Å². The van der Waals surface area contributed by atoms with Crippen molar-refractivity contribution in [3.8, 4) is 0 Å². The summed E-state index contributed by atoms with van der Waals surface area (Å²) in [5.74, 6) is -0.219. The summed E-state index contributed by atoms with van der Waals surface area (Å²) >= 11 is 0. The van der Waals surface area contributed by atoms with Crippen LogP contribution in [0.1, 0.15) is 0 Å². The Balaban J connectivity index is 2.77. The molecular weight excluding hydrogens is 197 g/mol. The number of rotatable bonds is 2. The highest BCUT2D eigenvalue weighted by molar-refractivity contribution is 6.79. The summed E-state index contributed by atoms with van der Waals surface area (Å²) in [4.78, 5) is 13.3. The molecular formula is C8H18BNO3Si. The number of carbonyl (C=O) groups excluding carboxylic acids is 1. The fourth-order valence-electron chi connectivity index (χ4n) is 2.06. The lowest BCUT2D eigenvalue weighted by Crippen LogP contribution is -2.45. The van der Waals surface area contributed by atoms with Gasteiger partial charge >= 0.3 is 13.0 Å². The van der Waals surface area contributed by atoms with Gasteiger partial charge in [0.05, 0.1) is 21.2 Å². The van der Waals surface area contributed by atoms with Crippen LogP contribution in [0.15, 0.2) is 0 Å². The lowest BCUT2D eigenvalue weighted by molar-refractivity contribution is -0.144. The average Bonchev–Trinajstić information content (AvgIpc) is 2.40. The summed E-state index contributed by atoms with van der Waals surface area (Å²) in [6.45, 7) is 6.16. The molecule has 1 aliphatic rings. The molecule has 1 aliphatic heterocycles. The lowest BCUT2D eigenvalue weighted by Gasteiger charge is -2.23. The molecule has 1 heterocycles. The van der Waals surface area contributed by atoms with Crippen molar-refractivity contribution in [3.05, 3.63) is 0 Å². The minimum Gasteiger partial charge on any atom is -0.468 e. The second-order valence-electron chi connectivity index (χ2n) is 4.71. The van der Waals surface area contributed by atoms with E-state index in [-0.39, 0.29) is 12.0 Å². The Hall–Kier alpha value is -0.328. The molecule has 0 unspecified atom stereocenters. The van der Waals surface area contributed by atoms with Crippen molar-refractivity contribution in [1.82, 2.24) is 4.81 Å². The highest BCUT2D eigenvalue weighted by Crippen LogP contribution is 2.27. The van der Waals surface area contributed by atoms with E-state index in [1.807, 2.05) is 4.81 Å². The van der Waals surface area contributed by atoms with Crippen LogP contribution in [0.25, 0.3) is 0 Å². The fraction of sp³-hybridized carbons (Fsp3) is 0.875. The SMILES string of the molecule is COC(=O)[C@@H]1C[Si](C)(C)CN1B(C)O. The maximum atomic E-state index is 11.5. The quantitative estimate of drug-likeness (QED) is 0.528. The predicted molar refractivity (Wildman–Crippen MR) is 58.6 cm³/mol.